The third-order valence-corrected chi connectivity index (χ3v) is 2.69. The second-order valence-corrected chi connectivity index (χ2v) is 4.08. The number of carbonyl (C=O) groups is 1. The van der Waals surface area contributed by atoms with E-state index in [4.69, 9.17) is 8.83 Å². The molecule has 0 atom stereocenters. The molecule has 0 fully saturated rings. The number of benzene rings is 1. The van der Waals surface area contributed by atoms with Gasteiger partial charge in [-0.15, -0.1) is 0 Å². The zero-order valence-corrected chi connectivity index (χ0v) is 10.5. The lowest BCUT2D eigenvalue weighted by Gasteiger charge is -2.05. The summed E-state index contributed by atoms with van der Waals surface area (Å²) in [6.45, 7) is 0. The zero-order chi connectivity index (χ0) is 14.8. The smallest absolute Gasteiger partial charge is 0.414 e. The molecule has 0 saturated carbocycles. The molecule has 1 amide bonds. The fourth-order valence-corrected chi connectivity index (χ4v) is 1.78. The van der Waals surface area contributed by atoms with Crippen molar-refractivity contribution in [2.45, 2.75) is 0 Å². The van der Waals surface area contributed by atoms with Crippen LogP contribution in [0.1, 0.15) is 10.4 Å². The lowest BCUT2D eigenvalue weighted by atomic mass is 10.2. The number of anilines is 1. The van der Waals surface area contributed by atoms with Gasteiger partial charge in [0, 0.05) is 6.20 Å². The molecule has 2 aromatic heterocycles. The number of hydrogen-bond donors (Lipinski definition) is 1. The Kier molecular flexibility index (Phi) is 3.07. The summed E-state index contributed by atoms with van der Waals surface area (Å²) >= 11 is 0. The van der Waals surface area contributed by atoms with E-state index in [1.165, 1.54) is 24.4 Å². The van der Waals surface area contributed by atoms with Crippen molar-refractivity contribution >= 4 is 22.9 Å². The van der Waals surface area contributed by atoms with Crippen LogP contribution < -0.4 is 16.6 Å². The molecule has 2 heterocycles. The van der Waals surface area contributed by atoms with E-state index in [0.717, 1.165) is 0 Å². The SMILES string of the molecule is O=C(Nc1ccccn1)c1cccc2oc(=O)c(=O)oc12. The van der Waals surface area contributed by atoms with Crippen LogP contribution in [0.3, 0.4) is 0 Å². The summed E-state index contributed by atoms with van der Waals surface area (Å²) in [6, 6.07) is 9.42. The highest BCUT2D eigenvalue weighted by Crippen LogP contribution is 2.17. The standard InChI is InChI=1S/C14H8N2O5/c17-12(16-10-6-1-2-7-15-10)8-4-3-5-9-11(8)21-14(19)13(18)20-9/h1-7H,(H,15,16,17). The number of fused-ring (bicyclic) bond motifs is 1. The van der Waals surface area contributed by atoms with Crippen molar-refractivity contribution in [3.8, 4) is 0 Å². The van der Waals surface area contributed by atoms with Gasteiger partial charge in [-0.3, -0.25) is 4.79 Å². The van der Waals surface area contributed by atoms with Gasteiger partial charge < -0.3 is 14.2 Å². The number of amides is 1. The van der Waals surface area contributed by atoms with E-state index in [1.54, 1.807) is 18.2 Å². The van der Waals surface area contributed by atoms with Gasteiger partial charge in [-0.1, -0.05) is 12.1 Å². The maximum atomic E-state index is 12.2. The number of nitrogens with one attached hydrogen (secondary N) is 1. The van der Waals surface area contributed by atoms with Crippen LogP contribution in [-0.4, -0.2) is 10.9 Å². The number of para-hydroxylation sites is 1. The highest BCUT2D eigenvalue weighted by atomic mass is 16.5. The predicted octanol–water partition coefficient (Wildman–Crippen LogP) is 1.39. The van der Waals surface area contributed by atoms with Crippen LogP contribution in [0.2, 0.25) is 0 Å². The number of rotatable bonds is 2. The number of carbonyl (C=O) groups excluding carboxylic acids is 1. The van der Waals surface area contributed by atoms with E-state index in [-0.39, 0.29) is 16.7 Å². The largest absolute Gasteiger partial charge is 0.423 e. The molecule has 1 N–H and O–H groups in total. The summed E-state index contributed by atoms with van der Waals surface area (Å²) in [7, 11) is 0. The molecular formula is C14H8N2O5. The Morgan fingerprint density at radius 2 is 1.81 bits per heavy atom. The summed E-state index contributed by atoms with van der Waals surface area (Å²) < 4.78 is 9.62. The van der Waals surface area contributed by atoms with Crippen LogP contribution in [0.4, 0.5) is 5.82 Å². The van der Waals surface area contributed by atoms with Crippen LogP contribution in [0.15, 0.2) is 61.0 Å². The summed E-state index contributed by atoms with van der Waals surface area (Å²) in [5, 5.41) is 2.55. The topological polar surface area (TPSA) is 102 Å². The molecule has 0 radical (unpaired) electrons. The van der Waals surface area contributed by atoms with Gasteiger partial charge in [0.15, 0.2) is 11.2 Å². The third kappa shape index (κ3) is 2.44. The first kappa shape index (κ1) is 12.8. The predicted molar refractivity (Wildman–Crippen MR) is 73.2 cm³/mol. The van der Waals surface area contributed by atoms with Crippen LogP contribution in [0.5, 0.6) is 0 Å². The molecule has 0 aliphatic rings. The van der Waals surface area contributed by atoms with Crippen LogP contribution in [-0.2, 0) is 0 Å². The maximum absolute atomic E-state index is 12.2. The van der Waals surface area contributed by atoms with Gasteiger partial charge in [0.25, 0.3) is 5.91 Å². The first-order chi connectivity index (χ1) is 10.1. The van der Waals surface area contributed by atoms with Crippen molar-refractivity contribution in [1.82, 2.24) is 4.98 Å². The Balaban J connectivity index is 2.08. The number of hydrogen-bond acceptors (Lipinski definition) is 6. The van der Waals surface area contributed by atoms with Crippen LogP contribution in [0, 0.1) is 0 Å². The van der Waals surface area contributed by atoms with Gasteiger partial charge in [0.1, 0.15) is 5.82 Å². The summed E-state index contributed by atoms with van der Waals surface area (Å²) in [5.74, 6) is -0.185. The van der Waals surface area contributed by atoms with E-state index in [2.05, 4.69) is 10.3 Å². The minimum absolute atomic E-state index is 0.0215. The fourth-order valence-electron chi connectivity index (χ4n) is 1.78. The Morgan fingerprint density at radius 1 is 1.00 bits per heavy atom. The van der Waals surface area contributed by atoms with E-state index in [9.17, 15) is 14.4 Å². The van der Waals surface area contributed by atoms with Gasteiger partial charge in [0.05, 0.1) is 5.56 Å². The lowest BCUT2D eigenvalue weighted by molar-refractivity contribution is 0.102. The Bertz CT molecular complexity index is 927. The second kappa shape index (κ2) is 5.04. The summed E-state index contributed by atoms with van der Waals surface area (Å²) in [5.41, 5.74) is -2.28. The van der Waals surface area contributed by atoms with Crippen molar-refractivity contribution in [3.05, 3.63) is 69.0 Å². The minimum Gasteiger partial charge on any atom is -0.414 e. The Labute approximate surface area is 116 Å². The quantitative estimate of drug-likeness (QED) is 0.713. The molecule has 0 saturated heterocycles. The van der Waals surface area contributed by atoms with Gasteiger partial charge in [-0.25, -0.2) is 14.6 Å². The zero-order valence-electron chi connectivity index (χ0n) is 10.5. The van der Waals surface area contributed by atoms with Crippen LogP contribution in [0.25, 0.3) is 11.2 Å². The third-order valence-electron chi connectivity index (χ3n) is 2.69. The molecule has 21 heavy (non-hydrogen) atoms. The molecule has 0 bridgehead atoms. The van der Waals surface area contributed by atoms with Crippen molar-refractivity contribution in [1.29, 1.82) is 0 Å². The van der Waals surface area contributed by atoms with E-state index < -0.39 is 17.2 Å². The average molecular weight is 284 g/mol. The molecule has 7 heteroatoms. The molecule has 1 aromatic carbocycles. The first-order valence-electron chi connectivity index (χ1n) is 5.94. The maximum Gasteiger partial charge on any atom is 0.423 e. The highest BCUT2D eigenvalue weighted by Gasteiger charge is 2.15. The highest BCUT2D eigenvalue weighted by molar-refractivity contribution is 6.10. The van der Waals surface area contributed by atoms with Crippen molar-refractivity contribution in [2.24, 2.45) is 0 Å². The lowest BCUT2D eigenvalue weighted by Crippen LogP contribution is -2.22. The number of nitrogens with zero attached hydrogens (tertiary/aromatic N) is 1. The van der Waals surface area contributed by atoms with Crippen molar-refractivity contribution < 1.29 is 13.6 Å². The normalized spacial score (nSPS) is 10.5. The Morgan fingerprint density at radius 3 is 2.57 bits per heavy atom. The monoisotopic (exact) mass is 284 g/mol. The van der Waals surface area contributed by atoms with Gasteiger partial charge in [-0.2, -0.15) is 0 Å². The van der Waals surface area contributed by atoms with Crippen molar-refractivity contribution in [3.63, 3.8) is 0 Å². The number of pyridine rings is 1. The molecule has 3 aromatic rings. The second-order valence-electron chi connectivity index (χ2n) is 4.08. The van der Waals surface area contributed by atoms with E-state index in [0.29, 0.717) is 5.82 Å². The van der Waals surface area contributed by atoms with E-state index >= 15 is 0 Å². The molecule has 104 valence electrons. The average Bonchev–Trinajstić information content (AvgIpc) is 2.49. The molecule has 0 aliphatic heterocycles. The number of aromatic nitrogens is 1. The molecule has 0 spiro atoms. The molecule has 0 unspecified atom stereocenters. The first-order valence-corrected chi connectivity index (χ1v) is 5.94. The molecule has 0 aliphatic carbocycles. The minimum atomic E-state index is -1.17. The molecular weight excluding hydrogens is 276 g/mol. The van der Waals surface area contributed by atoms with Crippen LogP contribution >= 0.6 is 0 Å². The van der Waals surface area contributed by atoms with Gasteiger partial charge in [0.2, 0.25) is 0 Å². The summed E-state index contributed by atoms with van der Waals surface area (Å²) in [4.78, 5) is 38.5. The van der Waals surface area contributed by atoms with Gasteiger partial charge >= 0.3 is 11.3 Å². The fraction of sp³-hybridized carbons (Fsp3) is 0. The van der Waals surface area contributed by atoms with Crippen molar-refractivity contribution in [2.75, 3.05) is 5.32 Å². The van der Waals surface area contributed by atoms with Gasteiger partial charge in [-0.05, 0) is 24.3 Å². The Hall–Kier alpha value is -3.22. The summed E-state index contributed by atoms with van der Waals surface area (Å²) in [6.07, 6.45) is 1.53. The molecule has 3 rings (SSSR count). The molecule has 7 nitrogen and oxygen atoms in total. The van der Waals surface area contributed by atoms with E-state index in [1.807, 2.05) is 0 Å².